The molecule has 2 aliphatic rings. The summed E-state index contributed by atoms with van der Waals surface area (Å²) in [7, 11) is 6.32. The molecule has 27 heavy (non-hydrogen) atoms. The molecule has 0 radical (unpaired) electrons. The number of hydrogen-bond acceptors (Lipinski definition) is 5. The highest BCUT2D eigenvalue weighted by molar-refractivity contribution is 6.02. The topological polar surface area (TPSA) is 34.1 Å². The van der Waals surface area contributed by atoms with Crippen LogP contribution >= 0.6 is 0 Å². The third-order valence-corrected chi connectivity index (χ3v) is 5.63. The molecule has 142 valence electrons. The summed E-state index contributed by atoms with van der Waals surface area (Å²) < 4.78 is 0. The molecule has 2 heterocycles. The first-order valence-electron chi connectivity index (χ1n) is 9.73. The Balaban J connectivity index is 1.40. The van der Waals surface area contributed by atoms with Crippen LogP contribution in [0.5, 0.6) is 0 Å². The van der Waals surface area contributed by atoms with Gasteiger partial charge < -0.3 is 20.1 Å². The zero-order valence-corrected chi connectivity index (χ0v) is 16.5. The summed E-state index contributed by atoms with van der Waals surface area (Å²) in [5.74, 6) is 0. The van der Waals surface area contributed by atoms with E-state index in [0.29, 0.717) is 0 Å². The molecule has 0 spiro atoms. The van der Waals surface area contributed by atoms with Gasteiger partial charge in [-0.2, -0.15) is 5.10 Å². The highest BCUT2D eigenvalue weighted by Crippen LogP contribution is 2.27. The van der Waals surface area contributed by atoms with Gasteiger partial charge in [-0.25, -0.2) is 0 Å². The Kier molecular flexibility index (Phi) is 5.03. The van der Waals surface area contributed by atoms with Crippen molar-refractivity contribution in [1.82, 2.24) is 10.3 Å². The number of benzene rings is 2. The van der Waals surface area contributed by atoms with Gasteiger partial charge in [0.15, 0.2) is 0 Å². The van der Waals surface area contributed by atoms with Crippen molar-refractivity contribution in [3.63, 3.8) is 0 Å². The van der Waals surface area contributed by atoms with Crippen LogP contribution in [0.4, 0.5) is 11.4 Å². The van der Waals surface area contributed by atoms with Gasteiger partial charge in [-0.1, -0.05) is 24.3 Å². The molecule has 1 fully saturated rings. The summed E-state index contributed by atoms with van der Waals surface area (Å²) in [6.45, 7) is 4.46. The van der Waals surface area contributed by atoms with Gasteiger partial charge in [0, 0.05) is 58.1 Å². The predicted molar refractivity (Wildman–Crippen MR) is 114 cm³/mol. The molecular formula is C22H29N5. The van der Waals surface area contributed by atoms with Crippen LogP contribution in [0.3, 0.4) is 0 Å². The second-order valence-corrected chi connectivity index (χ2v) is 7.77. The third kappa shape index (κ3) is 3.93. The van der Waals surface area contributed by atoms with Crippen LogP contribution in [-0.2, 0) is 0 Å². The van der Waals surface area contributed by atoms with Crippen molar-refractivity contribution in [1.29, 1.82) is 0 Å². The lowest BCUT2D eigenvalue weighted by Crippen LogP contribution is -2.44. The smallest absolute Gasteiger partial charge is 0.0745 e. The van der Waals surface area contributed by atoms with Crippen LogP contribution in [0.2, 0.25) is 0 Å². The molecule has 2 aliphatic heterocycles. The number of nitrogens with zero attached hydrogens (tertiary/aromatic N) is 4. The first-order valence-corrected chi connectivity index (χ1v) is 9.73. The molecule has 5 heteroatoms. The number of nitrogens with one attached hydrogen (secondary N) is 1. The maximum Gasteiger partial charge on any atom is 0.0745 e. The van der Waals surface area contributed by atoms with Gasteiger partial charge in [0.05, 0.1) is 11.8 Å². The largest absolute Gasteiger partial charge is 0.378 e. The molecule has 0 aromatic heterocycles. The second kappa shape index (κ2) is 7.61. The molecule has 2 aromatic carbocycles. The lowest BCUT2D eigenvalue weighted by atomic mass is 9.98. The molecule has 2 aromatic rings. The lowest BCUT2D eigenvalue weighted by molar-refractivity contribution is 0.313. The summed E-state index contributed by atoms with van der Waals surface area (Å²) in [4.78, 5) is 6.97. The molecule has 1 saturated heterocycles. The molecule has 0 aliphatic carbocycles. The molecule has 0 amide bonds. The maximum atomic E-state index is 4.61. The van der Waals surface area contributed by atoms with E-state index in [9.17, 15) is 0 Å². The second-order valence-electron chi connectivity index (χ2n) is 7.77. The van der Waals surface area contributed by atoms with Crippen molar-refractivity contribution in [2.45, 2.75) is 12.5 Å². The van der Waals surface area contributed by atoms with E-state index < -0.39 is 0 Å². The standard InChI is InChI=1S/C22H29N5/c1-25(2)19-8-4-17(5-9-19)21-16-22(24-23-21)18-6-10-20(11-7-18)27-14-12-26(3)13-15-27/h4-11,21,23H,12-16H2,1-3H3. The number of piperazine rings is 1. The molecule has 1 unspecified atom stereocenters. The van der Waals surface area contributed by atoms with E-state index in [2.05, 4.69) is 94.9 Å². The van der Waals surface area contributed by atoms with Crippen LogP contribution in [0.1, 0.15) is 23.6 Å². The number of likely N-dealkylation sites (N-methyl/N-ethyl adjacent to an activating group) is 1. The quantitative estimate of drug-likeness (QED) is 0.906. The summed E-state index contributed by atoms with van der Waals surface area (Å²) in [6, 6.07) is 17.9. The minimum atomic E-state index is 0.258. The van der Waals surface area contributed by atoms with Crippen LogP contribution in [0.15, 0.2) is 53.6 Å². The molecule has 0 saturated carbocycles. The summed E-state index contributed by atoms with van der Waals surface area (Å²) >= 11 is 0. The maximum absolute atomic E-state index is 4.61. The van der Waals surface area contributed by atoms with Crippen molar-refractivity contribution < 1.29 is 0 Å². The van der Waals surface area contributed by atoms with Gasteiger partial charge in [0.1, 0.15) is 0 Å². The molecular weight excluding hydrogens is 334 g/mol. The Morgan fingerprint density at radius 2 is 1.59 bits per heavy atom. The zero-order valence-electron chi connectivity index (χ0n) is 16.5. The first kappa shape index (κ1) is 17.9. The number of anilines is 2. The van der Waals surface area contributed by atoms with E-state index in [0.717, 1.165) is 38.3 Å². The molecule has 1 atom stereocenters. The minimum Gasteiger partial charge on any atom is -0.378 e. The van der Waals surface area contributed by atoms with E-state index >= 15 is 0 Å². The summed E-state index contributed by atoms with van der Waals surface area (Å²) in [6.07, 6.45) is 0.926. The molecule has 0 bridgehead atoms. The fraction of sp³-hybridized carbons (Fsp3) is 0.409. The van der Waals surface area contributed by atoms with E-state index in [-0.39, 0.29) is 6.04 Å². The van der Waals surface area contributed by atoms with Crippen LogP contribution in [0, 0.1) is 0 Å². The van der Waals surface area contributed by atoms with Crippen LogP contribution in [0.25, 0.3) is 0 Å². The Bertz CT molecular complexity index is 786. The average molecular weight is 364 g/mol. The van der Waals surface area contributed by atoms with Gasteiger partial charge in [-0.3, -0.25) is 0 Å². The number of hydrogen-bond donors (Lipinski definition) is 1. The van der Waals surface area contributed by atoms with Crippen LogP contribution < -0.4 is 15.2 Å². The Labute approximate surface area is 162 Å². The van der Waals surface area contributed by atoms with Crippen molar-refractivity contribution in [2.75, 3.05) is 57.1 Å². The summed E-state index contributed by atoms with van der Waals surface area (Å²) in [5.41, 5.74) is 9.49. The van der Waals surface area contributed by atoms with Crippen LogP contribution in [-0.4, -0.2) is 57.9 Å². The van der Waals surface area contributed by atoms with Crippen molar-refractivity contribution in [2.24, 2.45) is 5.10 Å². The minimum absolute atomic E-state index is 0.258. The first-order chi connectivity index (χ1) is 13.1. The fourth-order valence-electron chi connectivity index (χ4n) is 3.75. The SMILES string of the molecule is CN1CCN(c2ccc(C3=NNC(c4ccc(N(C)C)cc4)C3)cc2)CC1. The molecule has 5 nitrogen and oxygen atoms in total. The summed E-state index contributed by atoms with van der Waals surface area (Å²) in [5, 5.41) is 4.61. The van der Waals surface area contributed by atoms with Gasteiger partial charge in [-0.05, 0) is 42.4 Å². The Morgan fingerprint density at radius 1 is 0.926 bits per heavy atom. The highest BCUT2D eigenvalue weighted by atomic mass is 15.3. The third-order valence-electron chi connectivity index (χ3n) is 5.63. The number of hydrazone groups is 1. The molecule has 1 N–H and O–H groups in total. The van der Waals surface area contributed by atoms with Crippen molar-refractivity contribution >= 4 is 17.1 Å². The van der Waals surface area contributed by atoms with Gasteiger partial charge in [0.25, 0.3) is 0 Å². The van der Waals surface area contributed by atoms with Gasteiger partial charge >= 0.3 is 0 Å². The van der Waals surface area contributed by atoms with Crippen molar-refractivity contribution in [3.05, 3.63) is 59.7 Å². The van der Waals surface area contributed by atoms with Gasteiger partial charge in [-0.15, -0.1) is 0 Å². The normalized spacial score (nSPS) is 20.3. The lowest BCUT2D eigenvalue weighted by Gasteiger charge is -2.34. The highest BCUT2D eigenvalue weighted by Gasteiger charge is 2.21. The monoisotopic (exact) mass is 363 g/mol. The Morgan fingerprint density at radius 3 is 2.22 bits per heavy atom. The zero-order chi connectivity index (χ0) is 18.8. The van der Waals surface area contributed by atoms with E-state index in [1.165, 1.54) is 22.5 Å². The van der Waals surface area contributed by atoms with E-state index in [1.54, 1.807) is 0 Å². The van der Waals surface area contributed by atoms with Crippen molar-refractivity contribution in [3.8, 4) is 0 Å². The molecule has 4 rings (SSSR count). The van der Waals surface area contributed by atoms with Gasteiger partial charge in [0.2, 0.25) is 0 Å². The van der Waals surface area contributed by atoms with E-state index in [1.807, 2.05) is 0 Å². The predicted octanol–water partition coefficient (Wildman–Crippen LogP) is 2.94. The Hall–Kier alpha value is -2.53. The average Bonchev–Trinajstić information content (AvgIpc) is 3.19. The number of rotatable bonds is 4. The fourth-order valence-corrected chi connectivity index (χ4v) is 3.75. The van der Waals surface area contributed by atoms with E-state index in [4.69, 9.17) is 0 Å².